The Morgan fingerprint density at radius 3 is 2.65 bits per heavy atom. The van der Waals surface area contributed by atoms with Crippen LogP contribution in [0.15, 0.2) is 54.0 Å². The zero-order valence-corrected chi connectivity index (χ0v) is 15.7. The van der Waals surface area contributed by atoms with Gasteiger partial charge in [-0.3, -0.25) is 0 Å². The minimum Gasteiger partial charge on any atom is -0.366 e. The van der Waals surface area contributed by atoms with Crippen LogP contribution >= 0.6 is 11.3 Å². The van der Waals surface area contributed by atoms with Gasteiger partial charge in [0, 0.05) is 38.6 Å². The summed E-state index contributed by atoms with van der Waals surface area (Å²) < 4.78 is 1.27. The van der Waals surface area contributed by atoms with Gasteiger partial charge in [-0.05, 0) is 30.5 Å². The molecule has 0 aliphatic carbocycles. The topological polar surface area (TPSA) is 19.4 Å². The van der Waals surface area contributed by atoms with Gasteiger partial charge in [-0.2, -0.15) is 0 Å². The van der Waals surface area contributed by atoms with Crippen LogP contribution in [-0.4, -0.2) is 36.1 Å². The number of anilines is 1. The van der Waals surface area contributed by atoms with Crippen LogP contribution in [0.2, 0.25) is 0 Å². The van der Waals surface area contributed by atoms with Gasteiger partial charge in [-0.15, -0.1) is 11.3 Å². The molecule has 2 heterocycles. The van der Waals surface area contributed by atoms with E-state index in [0.29, 0.717) is 0 Å². The number of nitrogens with zero attached hydrogens (tertiary/aromatic N) is 3. The van der Waals surface area contributed by atoms with E-state index in [1.54, 1.807) is 11.3 Å². The van der Waals surface area contributed by atoms with E-state index in [4.69, 9.17) is 0 Å². The van der Waals surface area contributed by atoms with E-state index in [1.807, 2.05) is 5.51 Å². The fourth-order valence-corrected chi connectivity index (χ4v) is 4.08. The Kier molecular flexibility index (Phi) is 5.37. The minimum atomic E-state index is 0.966. The van der Waals surface area contributed by atoms with Gasteiger partial charge in [-0.1, -0.05) is 42.3 Å². The van der Waals surface area contributed by atoms with Gasteiger partial charge in [0.15, 0.2) is 0 Å². The molecule has 0 radical (unpaired) electrons. The van der Waals surface area contributed by atoms with Gasteiger partial charge in [0.2, 0.25) is 0 Å². The average molecular weight is 362 g/mol. The van der Waals surface area contributed by atoms with Crippen LogP contribution in [0, 0.1) is 12.0 Å². The summed E-state index contributed by atoms with van der Waals surface area (Å²) in [6.07, 6.45) is 3.21. The number of hydrogen-bond acceptors (Lipinski definition) is 4. The van der Waals surface area contributed by atoms with Gasteiger partial charge in [0.05, 0.1) is 15.9 Å². The maximum absolute atomic E-state index is 4.54. The molecule has 1 aromatic heterocycles. The Hall–Kier alpha value is -2.51. The van der Waals surface area contributed by atoms with Crippen molar-refractivity contribution in [3.63, 3.8) is 0 Å². The molecule has 4 heteroatoms. The predicted octanol–water partition coefficient (Wildman–Crippen LogP) is 4.40. The zero-order chi connectivity index (χ0) is 17.6. The highest BCUT2D eigenvalue weighted by molar-refractivity contribution is 7.16. The number of aryl methyl sites for hydroxylation is 1. The molecule has 0 atom stereocenters. The van der Waals surface area contributed by atoms with Crippen molar-refractivity contribution in [1.82, 2.24) is 9.88 Å². The summed E-state index contributed by atoms with van der Waals surface area (Å²) in [7, 11) is 0. The minimum absolute atomic E-state index is 0.966. The molecule has 0 unspecified atom stereocenters. The van der Waals surface area contributed by atoms with Crippen LogP contribution in [0.25, 0.3) is 10.2 Å². The van der Waals surface area contributed by atoms with Crippen LogP contribution < -0.4 is 4.90 Å². The van der Waals surface area contributed by atoms with Gasteiger partial charge < -0.3 is 9.80 Å². The van der Waals surface area contributed by atoms with E-state index in [2.05, 4.69) is 75.3 Å². The molecule has 3 nitrogen and oxygen atoms in total. The van der Waals surface area contributed by atoms with Crippen LogP contribution in [0.4, 0.5) is 5.69 Å². The summed E-state index contributed by atoms with van der Waals surface area (Å²) in [4.78, 5) is 9.25. The van der Waals surface area contributed by atoms with Gasteiger partial charge in [-0.25, -0.2) is 4.98 Å². The van der Waals surface area contributed by atoms with E-state index in [1.165, 1.54) is 16.0 Å². The number of thiazole rings is 1. The van der Waals surface area contributed by atoms with Crippen molar-refractivity contribution in [3.05, 3.63) is 59.6 Å². The van der Waals surface area contributed by atoms with E-state index in [9.17, 15) is 0 Å². The molecule has 0 amide bonds. The molecule has 0 N–H and O–H groups in total. The molecule has 1 saturated heterocycles. The summed E-state index contributed by atoms with van der Waals surface area (Å²) in [5, 5.41) is 0. The smallest absolute Gasteiger partial charge is 0.104 e. The normalized spacial score (nSPS) is 14.3. The molecule has 4 rings (SSSR count). The van der Waals surface area contributed by atoms with Crippen molar-refractivity contribution in [2.45, 2.75) is 19.3 Å². The molecule has 3 aromatic rings. The molecular weight excluding hydrogens is 338 g/mol. The first-order chi connectivity index (χ1) is 12.9. The van der Waals surface area contributed by atoms with E-state index < -0.39 is 0 Å². The second-order valence-electron chi connectivity index (χ2n) is 6.58. The summed E-state index contributed by atoms with van der Waals surface area (Å²) in [5.41, 5.74) is 5.74. The lowest BCUT2D eigenvalue weighted by atomic mass is 10.1. The highest BCUT2D eigenvalue weighted by atomic mass is 32.1. The molecule has 2 aromatic carbocycles. The fraction of sp³-hybridized carbons (Fsp3) is 0.318. The van der Waals surface area contributed by atoms with Crippen molar-refractivity contribution in [2.75, 3.05) is 31.1 Å². The van der Waals surface area contributed by atoms with Crippen LogP contribution in [0.1, 0.15) is 18.4 Å². The average Bonchev–Trinajstić information content (AvgIpc) is 3.18. The molecule has 132 valence electrons. The molecule has 1 fully saturated rings. The van der Waals surface area contributed by atoms with Gasteiger partial charge >= 0.3 is 0 Å². The number of piperazine rings is 1. The Morgan fingerprint density at radius 1 is 0.962 bits per heavy atom. The quantitative estimate of drug-likeness (QED) is 0.507. The van der Waals surface area contributed by atoms with Crippen LogP contribution in [0.5, 0.6) is 0 Å². The molecule has 1 aliphatic rings. The number of benzene rings is 2. The van der Waals surface area contributed by atoms with Crippen molar-refractivity contribution in [3.8, 4) is 12.0 Å². The van der Waals surface area contributed by atoms with Crippen molar-refractivity contribution >= 4 is 27.2 Å². The summed E-state index contributed by atoms with van der Waals surface area (Å²) in [5.74, 6) is 3.35. The highest BCUT2D eigenvalue weighted by Gasteiger charge is 2.17. The number of para-hydroxylation sites is 1. The van der Waals surface area contributed by atoms with Crippen molar-refractivity contribution in [2.24, 2.45) is 0 Å². The van der Waals surface area contributed by atoms with E-state index in [0.717, 1.165) is 51.0 Å². The lowest BCUT2D eigenvalue weighted by molar-refractivity contribution is 0.368. The van der Waals surface area contributed by atoms with Crippen LogP contribution in [-0.2, 0) is 6.42 Å². The molecule has 26 heavy (non-hydrogen) atoms. The van der Waals surface area contributed by atoms with Crippen molar-refractivity contribution in [1.29, 1.82) is 0 Å². The second kappa shape index (κ2) is 8.25. The monoisotopic (exact) mass is 361 g/mol. The van der Waals surface area contributed by atoms with E-state index in [-0.39, 0.29) is 0 Å². The Balaban J connectivity index is 1.26. The molecule has 1 aliphatic heterocycles. The Bertz CT molecular complexity index is 899. The summed E-state index contributed by atoms with van der Waals surface area (Å²) in [6.45, 7) is 4.00. The van der Waals surface area contributed by atoms with E-state index >= 15 is 0 Å². The number of fused-ring (bicyclic) bond motifs is 1. The maximum atomic E-state index is 4.54. The SMILES string of the molecule is C(#CN1CCN(c2cccc3scnc23)CC1)CCCc1ccccc1. The Morgan fingerprint density at radius 2 is 1.81 bits per heavy atom. The first kappa shape index (κ1) is 16.9. The van der Waals surface area contributed by atoms with Gasteiger partial charge in [0.25, 0.3) is 0 Å². The van der Waals surface area contributed by atoms with Crippen LogP contribution in [0.3, 0.4) is 0 Å². The third kappa shape index (κ3) is 4.00. The molecule has 0 spiro atoms. The number of rotatable bonds is 4. The fourth-order valence-electron chi connectivity index (χ4n) is 3.38. The summed E-state index contributed by atoms with van der Waals surface area (Å²) in [6, 6.07) is 20.5. The number of aromatic nitrogens is 1. The molecule has 0 bridgehead atoms. The number of unbranched alkanes of at least 4 members (excludes halogenated alkanes) is 1. The van der Waals surface area contributed by atoms with Crippen molar-refractivity contribution < 1.29 is 0 Å². The first-order valence-corrected chi connectivity index (χ1v) is 10.1. The standard InChI is InChI=1S/C22H23N3S/c1-3-8-19(9-4-1)10-5-2-6-13-24-14-16-25(17-15-24)20-11-7-12-21-22(20)23-18-26-21/h1,3-4,7-9,11-12,18H,2,5,10,14-17H2. The lowest BCUT2D eigenvalue weighted by Gasteiger charge is -2.34. The number of hydrogen-bond donors (Lipinski definition) is 0. The zero-order valence-electron chi connectivity index (χ0n) is 14.9. The largest absolute Gasteiger partial charge is 0.366 e. The lowest BCUT2D eigenvalue weighted by Crippen LogP contribution is -2.44. The first-order valence-electron chi connectivity index (χ1n) is 9.25. The summed E-state index contributed by atoms with van der Waals surface area (Å²) >= 11 is 1.71. The third-order valence-corrected chi connectivity index (χ3v) is 5.60. The molecule has 0 saturated carbocycles. The second-order valence-corrected chi connectivity index (χ2v) is 7.46. The Labute approximate surface area is 159 Å². The maximum Gasteiger partial charge on any atom is 0.104 e. The molecular formula is C22H23N3S. The predicted molar refractivity (Wildman–Crippen MR) is 111 cm³/mol. The highest BCUT2D eigenvalue weighted by Crippen LogP contribution is 2.28. The van der Waals surface area contributed by atoms with Gasteiger partial charge in [0.1, 0.15) is 5.52 Å². The third-order valence-electron chi connectivity index (χ3n) is 4.81.